The zero-order valence-corrected chi connectivity index (χ0v) is 22.1. The lowest BCUT2D eigenvalue weighted by molar-refractivity contribution is -0.138. The van der Waals surface area contributed by atoms with Crippen LogP contribution in [0.15, 0.2) is 42.6 Å². The third-order valence-electron chi connectivity index (χ3n) is 6.50. The zero-order valence-electron chi connectivity index (χ0n) is 22.1. The van der Waals surface area contributed by atoms with Crippen LogP contribution in [0.1, 0.15) is 30.8 Å². The summed E-state index contributed by atoms with van der Waals surface area (Å²) >= 11 is 0. The molecule has 2 aliphatic rings. The molecule has 40 heavy (non-hydrogen) atoms. The zero-order chi connectivity index (χ0) is 28.9. The Morgan fingerprint density at radius 2 is 1.80 bits per heavy atom. The van der Waals surface area contributed by atoms with Gasteiger partial charge in [0.25, 0.3) is 0 Å². The Balaban J connectivity index is 1.43. The molecule has 4 N–H and O–H groups in total. The van der Waals surface area contributed by atoms with Crippen molar-refractivity contribution in [3.8, 4) is 0 Å². The van der Waals surface area contributed by atoms with Gasteiger partial charge in [-0.05, 0) is 37.2 Å². The molecule has 1 unspecified atom stereocenters. The van der Waals surface area contributed by atoms with Gasteiger partial charge in [-0.15, -0.1) is 0 Å². The third-order valence-corrected chi connectivity index (χ3v) is 6.50. The molecule has 0 spiro atoms. The number of piperazine rings is 1. The Hall–Kier alpha value is -3.75. The van der Waals surface area contributed by atoms with Crippen LogP contribution < -0.4 is 16.0 Å². The van der Waals surface area contributed by atoms with Crippen molar-refractivity contribution in [2.45, 2.75) is 32.8 Å². The van der Waals surface area contributed by atoms with E-state index in [1.807, 2.05) is 11.8 Å². The lowest BCUT2D eigenvalue weighted by Gasteiger charge is -2.34. The van der Waals surface area contributed by atoms with Gasteiger partial charge >= 0.3 is 12.2 Å². The summed E-state index contributed by atoms with van der Waals surface area (Å²) in [6.45, 7) is 7.57. The number of ether oxygens (including phenoxy) is 1. The first kappa shape index (κ1) is 29.2. The van der Waals surface area contributed by atoms with Crippen LogP contribution in [0.2, 0.25) is 0 Å². The van der Waals surface area contributed by atoms with Crippen molar-refractivity contribution in [2.24, 2.45) is 0 Å². The molecule has 2 amide bonds. The number of aromatic nitrogens is 2. The van der Waals surface area contributed by atoms with E-state index in [2.05, 4.69) is 30.8 Å². The third kappa shape index (κ3) is 7.25. The van der Waals surface area contributed by atoms with Crippen LogP contribution in [-0.2, 0) is 17.5 Å². The van der Waals surface area contributed by atoms with Crippen molar-refractivity contribution in [2.75, 3.05) is 50.0 Å². The minimum absolute atomic E-state index is 0.0500. The highest BCUT2D eigenvalue weighted by Gasteiger charge is 2.35. The summed E-state index contributed by atoms with van der Waals surface area (Å²) in [5.74, 6) is -0.432. The number of carbonyl (C=O) groups is 1. The number of nitrogens with one attached hydrogen (secondary N) is 3. The summed E-state index contributed by atoms with van der Waals surface area (Å²) in [5.41, 5.74) is -1.16. The molecular formula is C26H31F4N7O3. The maximum atomic E-state index is 14.9. The first-order chi connectivity index (χ1) is 19.1. The average molecular weight is 566 g/mol. The van der Waals surface area contributed by atoms with E-state index in [1.54, 1.807) is 13.0 Å². The summed E-state index contributed by atoms with van der Waals surface area (Å²) < 4.78 is 61.8. The van der Waals surface area contributed by atoms with Gasteiger partial charge in [0.2, 0.25) is 0 Å². The molecule has 1 atom stereocenters. The molecular weight excluding hydrogens is 534 g/mol. The minimum atomic E-state index is -4.74. The number of halogens is 4. The van der Waals surface area contributed by atoms with E-state index in [0.29, 0.717) is 31.3 Å². The largest absolute Gasteiger partial charge is 0.493 e. The molecule has 1 aromatic carbocycles. The number of carbonyl (C=O) groups excluding carboxylic acids is 1. The van der Waals surface area contributed by atoms with E-state index in [1.165, 1.54) is 18.6 Å². The summed E-state index contributed by atoms with van der Waals surface area (Å²) in [6, 6.07) is 0.480. The van der Waals surface area contributed by atoms with Gasteiger partial charge in [0.1, 0.15) is 11.6 Å². The second-order valence-electron chi connectivity index (χ2n) is 9.22. The number of hydrogen-bond acceptors (Lipinski definition) is 8. The van der Waals surface area contributed by atoms with Crippen molar-refractivity contribution in [3.05, 3.63) is 65.3 Å². The van der Waals surface area contributed by atoms with Crippen molar-refractivity contribution in [1.29, 1.82) is 0 Å². The minimum Gasteiger partial charge on any atom is -0.493 e. The van der Waals surface area contributed by atoms with Crippen molar-refractivity contribution < 1.29 is 32.2 Å². The van der Waals surface area contributed by atoms with Gasteiger partial charge < -0.3 is 30.7 Å². The number of likely N-dealkylation sites (N-methyl/N-ethyl adjacent to an activating group) is 1. The Morgan fingerprint density at radius 3 is 2.42 bits per heavy atom. The van der Waals surface area contributed by atoms with Crippen LogP contribution in [0.4, 0.5) is 33.7 Å². The van der Waals surface area contributed by atoms with Gasteiger partial charge in [0.05, 0.1) is 35.9 Å². The van der Waals surface area contributed by atoms with E-state index < -0.39 is 35.5 Å². The predicted octanol–water partition coefficient (Wildman–Crippen LogP) is 3.60. The van der Waals surface area contributed by atoms with E-state index in [0.717, 1.165) is 25.7 Å². The number of allylic oxidation sites excluding steroid dienone is 2. The molecule has 1 saturated heterocycles. The number of nitrogens with zero attached hydrogens (tertiary/aromatic N) is 4. The van der Waals surface area contributed by atoms with E-state index in [4.69, 9.17) is 4.74 Å². The van der Waals surface area contributed by atoms with Crippen LogP contribution in [0.5, 0.6) is 0 Å². The van der Waals surface area contributed by atoms with E-state index in [-0.39, 0.29) is 29.4 Å². The maximum absolute atomic E-state index is 14.9. The molecule has 0 aliphatic carbocycles. The smallest absolute Gasteiger partial charge is 0.416 e. The average Bonchev–Trinajstić information content (AvgIpc) is 2.92. The fourth-order valence-electron chi connectivity index (χ4n) is 4.38. The molecule has 10 nitrogen and oxygen atoms in total. The quantitative estimate of drug-likeness (QED) is 0.359. The van der Waals surface area contributed by atoms with Gasteiger partial charge in [0.15, 0.2) is 12.1 Å². The first-order valence-corrected chi connectivity index (χ1v) is 12.8. The summed E-state index contributed by atoms with van der Waals surface area (Å²) in [4.78, 5) is 24.8. The number of amides is 2. The number of dihydropyridines is 1. The fraction of sp³-hybridized carbons (Fsp3) is 0.423. The normalized spacial score (nSPS) is 18.4. The lowest BCUT2D eigenvalue weighted by Crippen LogP contribution is -2.45. The summed E-state index contributed by atoms with van der Waals surface area (Å²) in [7, 11) is 0. The first-order valence-electron chi connectivity index (χ1n) is 12.8. The topological polar surface area (TPSA) is 115 Å². The van der Waals surface area contributed by atoms with Crippen molar-refractivity contribution in [3.63, 3.8) is 0 Å². The van der Waals surface area contributed by atoms with E-state index >= 15 is 0 Å². The number of urea groups is 1. The number of anilines is 2. The number of hydrogen-bond donors (Lipinski definition) is 4. The highest BCUT2D eigenvalue weighted by molar-refractivity contribution is 5.99. The van der Waals surface area contributed by atoms with E-state index in [9.17, 15) is 27.5 Å². The van der Waals surface area contributed by atoms with Gasteiger partial charge in [0, 0.05) is 44.5 Å². The summed E-state index contributed by atoms with van der Waals surface area (Å²) in [5, 5.41) is 17.1. The molecule has 2 aromatic rings. The molecule has 1 aromatic heterocycles. The Kier molecular flexibility index (Phi) is 9.22. The summed E-state index contributed by atoms with van der Waals surface area (Å²) in [6.07, 6.45) is -0.118. The molecule has 0 bridgehead atoms. The number of rotatable bonds is 8. The van der Waals surface area contributed by atoms with Gasteiger partial charge in [-0.25, -0.2) is 19.2 Å². The number of alkyl halides is 3. The number of aliphatic hydroxyl groups excluding tert-OH is 1. The van der Waals surface area contributed by atoms with Crippen LogP contribution >= 0.6 is 0 Å². The van der Waals surface area contributed by atoms with Gasteiger partial charge in [-0.3, -0.25) is 4.90 Å². The number of benzene rings is 1. The number of aliphatic hydroxyl groups is 1. The highest BCUT2D eigenvalue weighted by atomic mass is 19.4. The maximum Gasteiger partial charge on any atom is 0.416 e. The Labute approximate surface area is 228 Å². The predicted molar refractivity (Wildman–Crippen MR) is 140 cm³/mol. The van der Waals surface area contributed by atoms with Crippen LogP contribution in [-0.4, -0.2) is 76.5 Å². The molecule has 2 aliphatic heterocycles. The fourth-order valence-corrected chi connectivity index (χ4v) is 4.38. The van der Waals surface area contributed by atoms with Crippen LogP contribution in [0, 0.1) is 5.82 Å². The van der Waals surface area contributed by atoms with Crippen molar-refractivity contribution in [1.82, 2.24) is 25.1 Å². The van der Waals surface area contributed by atoms with Gasteiger partial charge in [-0.2, -0.15) is 13.2 Å². The Morgan fingerprint density at radius 1 is 1.12 bits per heavy atom. The molecule has 0 saturated carbocycles. The standard InChI is InChI=1S/C26H31F4N7O3/c1-3-36-5-7-37(8-6-36)15-17-9-20(27)21(11-19(17)26(28,29)30)35-25(39)34-18-13-31-23(32-14-18)16-10-22(40-4-2)24(38)33-12-16/h9-14,24,33,38H,3-8,15H2,1-2H3,(H2,34,35,39). The van der Waals surface area contributed by atoms with Crippen molar-refractivity contribution >= 4 is 23.0 Å². The molecule has 4 rings (SSSR count). The SMILES string of the molecule is CCOC1=CC(c2ncc(NC(=O)Nc3cc(C(F)(F)F)c(CN4CCN(CC)CC4)cc3F)cn2)=CNC1O. The molecule has 216 valence electrons. The highest BCUT2D eigenvalue weighted by Crippen LogP contribution is 2.36. The molecule has 3 heterocycles. The monoisotopic (exact) mass is 565 g/mol. The second kappa shape index (κ2) is 12.6. The van der Waals surface area contributed by atoms with Gasteiger partial charge in [-0.1, -0.05) is 6.92 Å². The van der Waals surface area contributed by atoms with Crippen LogP contribution in [0.3, 0.4) is 0 Å². The second-order valence-corrected chi connectivity index (χ2v) is 9.22. The molecule has 0 radical (unpaired) electrons. The van der Waals surface area contributed by atoms with Crippen LogP contribution in [0.25, 0.3) is 5.57 Å². The lowest BCUT2D eigenvalue weighted by atomic mass is 10.0. The Bertz CT molecular complexity index is 1260. The molecule has 1 fully saturated rings. The molecule has 14 heteroatoms.